The smallest absolute Gasteiger partial charge is 0.229 e. The quantitative estimate of drug-likeness (QED) is 0.783. The van der Waals surface area contributed by atoms with Gasteiger partial charge in [0, 0.05) is 33.1 Å². The maximum atomic E-state index is 12.3. The fourth-order valence-corrected chi connectivity index (χ4v) is 3.17. The highest BCUT2D eigenvalue weighted by Gasteiger charge is 2.20. The Morgan fingerprint density at radius 3 is 2.31 bits per heavy atom. The van der Waals surface area contributed by atoms with E-state index in [9.17, 15) is 9.59 Å². The molecule has 0 unspecified atom stereocenters. The molecule has 1 N–H and O–H groups in total. The van der Waals surface area contributed by atoms with Gasteiger partial charge >= 0.3 is 0 Å². The number of nitrogens with one attached hydrogen (secondary N) is 1. The van der Waals surface area contributed by atoms with Crippen LogP contribution in [0.5, 0.6) is 11.5 Å². The van der Waals surface area contributed by atoms with E-state index in [0.29, 0.717) is 43.5 Å². The third-order valence-electron chi connectivity index (χ3n) is 4.78. The van der Waals surface area contributed by atoms with Gasteiger partial charge in [-0.2, -0.15) is 0 Å². The highest BCUT2D eigenvalue weighted by Crippen LogP contribution is 2.27. The zero-order valence-corrected chi connectivity index (χ0v) is 16.8. The van der Waals surface area contributed by atoms with Crippen molar-refractivity contribution < 1.29 is 19.1 Å². The molecule has 2 aromatic rings. The number of anilines is 2. The Balaban J connectivity index is 1.56. The van der Waals surface area contributed by atoms with Gasteiger partial charge < -0.3 is 24.6 Å². The molecule has 0 spiro atoms. The Morgan fingerprint density at radius 2 is 1.72 bits per heavy atom. The summed E-state index contributed by atoms with van der Waals surface area (Å²) in [5.41, 5.74) is 0.799. The average Bonchev–Trinajstić information content (AvgIpc) is 2.74. The third-order valence-corrected chi connectivity index (χ3v) is 4.78. The van der Waals surface area contributed by atoms with Gasteiger partial charge in [0.2, 0.25) is 11.8 Å². The lowest BCUT2D eigenvalue weighted by Crippen LogP contribution is -2.48. The van der Waals surface area contributed by atoms with E-state index in [1.807, 2.05) is 17.0 Å². The van der Waals surface area contributed by atoms with E-state index in [1.165, 1.54) is 0 Å². The number of ether oxygens (including phenoxy) is 2. The van der Waals surface area contributed by atoms with Gasteiger partial charge in [0.1, 0.15) is 0 Å². The lowest BCUT2D eigenvalue weighted by Gasteiger charge is -2.34. The second kappa shape index (κ2) is 9.22. The number of carbonyl (C=O) groups excluding carboxylic acids is 2. The molecule has 1 aromatic carbocycles. The van der Waals surface area contributed by atoms with Crippen molar-refractivity contribution in [3.63, 3.8) is 0 Å². The number of carbonyl (C=O) groups is 2. The van der Waals surface area contributed by atoms with Crippen LogP contribution in [0.4, 0.5) is 11.6 Å². The van der Waals surface area contributed by atoms with Crippen LogP contribution >= 0.6 is 0 Å². The second-order valence-electron chi connectivity index (χ2n) is 6.68. The van der Waals surface area contributed by atoms with Gasteiger partial charge in [-0.05, 0) is 29.8 Å². The summed E-state index contributed by atoms with van der Waals surface area (Å²) in [7, 11) is 3.12. The number of nitrogens with zero attached hydrogens (tertiary/aromatic N) is 4. The van der Waals surface area contributed by atoms with Gasteiger partial charge in [-0.3, -0.25) is 9.59 Å². The third kappa shape index (κ3) is 5.13. The molecule has 1 aliphatic rings. The minimum absolute atomic E-state index is 0.0864. The molecule has 0 aliphatic carbocycles. The summed E-state index contributed by atoms with van der Waals surface area (Å²) in [5.74, 6) is 2.19. The topological polar surface area (TPSA) is 96.9 Å². The second-order valence-corrected chi connectivity index (χ2v) is 6.68. The summed E-state index contributed by atoms with van der Waals surface area (Å²) in [5, 5.41) is 11.1. The first-order valence-corrected chi connectivity index (χ1v) is 9.35. The van der Waals surface area contributed by atoms with Crippen molar-refractivity contribution in [1.82, 2.24) is 15.1 Å². The van der Waals surface area contributed by atoms with Crippen molar-refractivity contribution in [2.24, 2.45) is 0 Å². The van der Waals surface area contributed by atoms with Crippen LogP contribution in [-0.4, -0.2) is 67.3 Å². The number of hydrogen-bond acceptors (Lipinski definition) is 7. The SMILES string of the molecule is COc1ccc(CC(=O)Nc2ccc(N3CCN(C(C)=O)CC3)nn2)cc1OC. The fourth-order valence-electron chi connectivity index (χ4n) is 3.17. The maximum absolute atomic E-state index is 12.3. The van der Waals surface area contributed by atoms with Gasteiger partial charge in [-0.15, -0.1) is 10.2 Å². The normalized spacial score (nSPS) is 13.8. The number of hydrogen-bond donors (Lipinski definition) is 1. The lowest BCUT2D eigenvalue weighted by atomic mass is 10.1. The minimum Gasteiger partial charge on any atom is -0.493 e. The summed E-state index contributed by atoms with van der Waals surface area (Å²) in [6.07, 6.45) is 0.177. The molecular weight excluding hydrogens is 374 g/mol. The van der Waals surface area contributed by atoms with Crippen LogP contribution in [-0.2, 0) is 16.0 Å². The van der Waals surface area contributed by atoms with Crippen LogP contribution in [0.2, 0.25) is 0 Å². The molecule has 1 aromatic heterocycles. The molecule has 0 atom stereocenters. The molecule has 2 heterocycles. The van der Waals surface area contributed by atoms with Crippen molar-refractivity contribution >= 4 is 23.5 Å². The number of amides is 2. The Kier molecular flexibility index (Phi) is 6.48. The van der Waals surface area contributed by atoms with E-state index in [0.717, 1.165) is 11.4 Å². The van der Waals surface area contributed by atoms with Gasteiger partial charge in [0.15, 0.2) is 23.1 Å². The fraction of sp³-hybridized carbons (Fsp3) is 0.400. The zero-order valence-electron chi connectivity index (χ0n) is 16.8. The number of aromatic nitrogens is 2. The molecule has 0 saturated carbocycles. The van der Waals surface area contributed by atoms with Crippen molar-refractivity contribution in [3.05, 3.63) is 35.9 Å². The monoisotopic (exact) mass is 399 g/mol. The first-order valence-electron chi connectivity index (χ1n) is 9.35. The van der Waals surface area contributed by atoms with E-state index < -0.39 is 0 Å². The minimum atomic E-state index is -0.200. The zero-order chi connectivity index (χ0) is 20.8. The largest absolute Gasteiger partial charge is 0.493 e. The highest BCUT2D eigenvalue weighted by molar-refractivity contribution is 5.91. The van der Waals surface area contributed by atoms with Crippen LogP contribution in [0, 0.1) is 0 Å². The van der Waals surface area contributed by atoms with Crippen LogP contribution in [0.1, 0.15) is 12.5 Å². The molecule has 0 bridgehead atoms. The van der Waals surface area contributed by atoms with E-state index in [4.69, 9.17) is 9.47 Å². The summed E-state index contributed by atoms with van der Waals surface area (Å²) >= 11 is 0. The van der Waals surface area contributed by atoms with Gasteiger partial charge in [0.25, 0.3) is 0 Å². The molecule has 9 heteroatoms. The van der Waals surface area contributed by atoms with Crippen LogP contribution in [0.25, 0.3) is 0 Å². The maximum Gasteiger partial charge on any atom is 0.229 e. The Morgan fingerprint density at radius 1 is 1.00 bits per heavy atom. The number of benzene rings is 1. The standard InChI is InChI=1S/C20H25N5O4/c1-14(26)24-8-10-25(11-9-24)19-7-6-18(22-23-19)21-20(27)13-15-4-5-16(28-2)17(12-15)29-3/h4-7,12H,8-11,13H2,1-3H3,(H,21,22,27). The highest BCUT2D eigenvalue weighted by atomic mass is 16.5. The van der Waals surface area contributed by atoms with Crippen molar-refractivity contribution in [1.29, 1.82) is 0 Å². The molecule has 3 rings (SSSR count). The van der Waals surface area contributed by atoms with E-state index in [2.05, 4.69) is 20.4 Å². The molecule has 1 saturated heterocycles. The van der Waals surface area contributed by atoms with Crippen molar-refractivity contribution in [3.8, 4) is 11.5 Å². The summed E-state index contributed by atoms with van der Waals surface area (Å²) < 4.78 is 10.5. The number of piperazine rings is 1. The van der Waals surface area contributed by atoms with Crippen molar-refractivity contribution in [2.75, 3.05) is 50.6 Å². The Hall–Kier alpha value is -3.36. The van der Waals surface area contributed by atoms with Gasteiger partial charge in [-0.1, -0.05) is 6.07 Å². The van der Waals surface area contributed by atoms with E-state index in [-0.39, 0.29) is 18.2 Å². The van der Waals surface area contributed by atoms with Gasteiger partial charge in [-0.25, -0.2) is 0 Å². The first kappa shape index (κ1) is 20.4. The molecule has 1 aliphatic heterocycles. The van der Waals surface area contributed by atoms with Crippen LogP contribution in [0.3, 0.4) is 0 Å². The molecule has 1 fully saturated rings. The van der Waals surface area contributed by atoms with E-state index in [1.54, 1.807) is 39.3 Å². The van der Waals surface area contributed by atoms with Crippen molar-refractivity contribution in [2.45, 2.75) is 13.3 Å². The first-order chi connectivity index (χ1) is 14.0. The van der Waals surface area contributed by atoms with E-state index >= 15 is 0 Å². The summed E-state index contributed by atoms with van der Waals surface area (Å²) in [4.78, 5) is 27.6. The summed E-state index contributed by atoms with van der Waals surface area (Å²) in [6, 6.07) is 8.90. The predicted molar refractivity (Wildman–Crippen MR) is 108 cm³/mol. The number of rotatable bonds is 6. The lowest BCUT2D eigenvalue weighted by molar-refractivity contribution is -0.129. The number of methoxy groups -OCH3 is 2. The molecule has 2 amide bonds. The summed E-state index contributed by atoms with van der Waals surface area (Å²) in [6.45, 7) is 4.33. The molecular formula is C20H25N5O4. The molecule has 0 radical (unpaired) electrons. The molecule has 9 nitrogen and oxygen atoms in total. The van der Waals surface area contributed by atoms with Crippen LogP contribution < -0.4 is 19.7 Å². The predicted octanol–water partition coefficient (Wildman–Crippen LogP) is 1.34. The van der Waals surface area contributed by atoms with Gasteiger partial charge in [0.05, 0.1) is 20.6 Å². The Bertz CT molecular complexity index is 864. The Labute approximate surface area is 169 Å². The molecule has 154 valence electrons. The average molecular weight is 399 g/mol. The van der Waals surface area contributed by atoms with Crippen LogP contribution in [0.15, 0.2) is 30.3 Å². The molecule has 29 heavy (non-hydrogen) atoms.